The first kappa shape index (κ1) is 19.2. The van der Waals surface area contributed by atoms with Crippen LogP contribution in [0.25, 0.3) is 0 Å². The number of hydrogen-bond donors (Lipinski definition) is 0. The lowest BCUT2D eigenvalue weighted by Crippen LogP contribution is -2.48. The van der Waals surface area contributed by atoms with Crippen LogP contribution in [-0.4, -0.2) is 52.0 Å². The van der Waals surface area contributed by atoms with Gasteiger partial charge in [0.1, 0.15) is 4.21 Å². The Morgan fingerprint density at radius 3 is 2.31 bits per heavy atom. The van der Waals surface area contributed by atoms with E-state index in [1.807, 2.05) is 5.38 Å². The van der Waals surface area contributed by atoms with Crippen molar-refractivity contribution in [3.8, 4) is 0 Å². The topological polar surface area (TPSA) is 43.9 Å². The Morgan fingerprint density at radius 2 is 1.77 bits per heavy atom. The average Bonchev–Trinajstić information content (AvgIpc) is 3.19. The minimum atomic E-state index is -3.34. The molecule has 7 heteroatoms. The van der Waals surface area contributed by atoms with E-state index in [1.165, 1.54) is 28.3 Å². The highest BCUT2D eigenvalue weighted by molar-refractivity contribution is 7.91. The lowest BCUT2D eigenvalue weighted by Gasteiger charge is -2.36. The van der Waals surface area contributed by atoms with Crippen molar-refractivity contribution in [1.82, 2.24) is 4.31 Å². The molecule has 0 saturated carbocycles. The Bertz CT molecular complexity index is 822. The van der Waals surface area contributed by atoms with Crippen molar-refractivity contribution >= 4 is 32.7 Å². The molecule has 0 N–H and O–H groups in total. The molecule has 2 heterocycles. The van der Waals surface area contributed by atoms with Gasteiger partial charge >= 0.3 is 0 Å². The molecular formula is C19H27N3O2S2. The predicted octanol–water partition coefficient (Wildman–Crippen LogP) is 3.41. The Hall–Kier alpha value is -1.57. The molecule has 1 fully saturated rings. The number of piperazine rings is 1. The summed E-state index contributed by atoms with van der Waals surface area (Å²) in [6.07, 6.45) is 0. The quantitative estimate of drug-likeness (QED) is 0.754. The first-order valence-electron chi connectivity index (χ1n) is 9.11. The number of benzene rings is 1. The maximum Gasteiger partial charge on any atom is 0.252 e. The molecule has 26 heavy (non-hydrogen) atoms. The van der Waals surface area contributed by atoms with Gasteiger partial charge < -0.3 is 9.80 Å². The molecule has 0 bridgehead atoms. The van der Waals surface area contributed by atoms with Crippen LogP contribution in [0.2, 0.25) is 0 Å². The molecule has 5 nitrogen and oxygen atoms in total. The molecular weight excluding hydrogens is 366 g/mol. The maximum absolute atomic E-state index is 12.7. The third kappa shape index (κ3) is 3.75. The summed E-state index contributed by atoms with van der Waals surface area (Å²) in [6.45, 7) is 10.9. The second-order valence-electron chi connectivity index (χ2n) is 6.47. The smallest absolute Gasteiger partial charge is 0.252 e. The first-order valence-corrected chi connectivity index (χ1v) is 11.4. The number of thiophene rings is 1. The molecule has 0 amide bonds. The molecule has 1 aliphatic rings. The number of anilines is 2. The van der Waals surface area contributed by atoms with E-state index in [-0.39, 0.29) is 0 Å². The maximum atomic E-state index is 12.7. The molecule has 0 radical (unpaired) electrons. The number of nitrogens with zero attached hydrogens (tertiary/aromatic N) is 3. The van der Waals surface area contributed by atoms with Crippen LogP contribution >= 0.6 is 11.3 Å². The zero-order valence-electron chi connectivity index (χ0n) is 15.7. The van der Waals surface area contributed by atoms with Gasteiger partial charge in [0.25, 0.3) is 10.0 Å². The average molecular weight is 394 g/mol. The number of sulfonamides is 1. The molecule has 1 aromatic heterocycles. The highest BCUT2D eigenvalue weighted by atomic mass is 32.2. The summed E-state index contributed by atoms with van der Waals surface area (Å²) < 4.78 is 27.4. The third-order valence-electron chi connectivity index (χ3n) is 4.98. The van der Waals surface area contributed by atoms with E-state index in [9.17, 15) is 8.42 Å². The summed E-state index contributed by atoms with van der Waals surface area (Å²) in [6, 6.07) is 10.0. The van der Waals surface area contributed by atoms with Gasteiger partial charge in [-0.1, -0.05) is 6.07 Å². The Labute approximate surface area is 160 Å². The van der Waals surface area contributed by atoms with E-state index < -0.39 is 10.0 Å². The van der Waals surface area contributed by atoms with Crippen LogP contribution in [0.4, 0.5) is 11.4 Å². The lowest BCUT2D eigenvalue weighted by molar-refractivity contribution is 0.385. The van der Waals surface area contributed by atoms with E-state index in [0.29, 0.717) is 17.3 Å². The Morgan fingerprint density at radius 1 is 1.08 bits per heavy atom. The van der Waals surface area contributed by atoms with Crippen molar-refractivity contribution in [2.45, 2.75) is 25.0 Å². The van der Waals surface area contributed by atoms with Crippen LogP contribution in [0, 0.1) is 6.92 Å². The fraction of sp³-hybridized carbons (Fsp3) is 0.474. The van der Waals surface area contributed by atoms with Crippen LogP contribution in [0.15, 0.2) is 39.9 Å². The van der Waals surface area contributed by atoms with Crippen molar-refractivity contribution in [3.63, 3.8) is 0 Å². The van der Waals surface area contributed by atoms with E-state index in [2.05, 4.69) is 48.8 Å². The van der Waals surface area contributed by atoms with Gasteiger partial charge in [-0.25, -0.2) is 8.42 Å². The van der Waals surface area contributed by atoms with Gasteiger partial charge in [0.15, 0.2) is 0 Å². The van der Waals surface area contributed by atoms with Gasteiger partial charge in [-0.3, -0.25) is 0 Å². The second kappa shape index (κ2) is 7.98. The molecule has 2 aromatic rings. The number of rotatable bonds is 6. The molecule has 1 aromatic carbocycles. The van der Waals surface area contributed by atoms with Gasteiger partial charge in [-0.05, 0) is 56.0 Å². The van der Waals surface area contributed by atoms with Crippen LogP contribution < -0.4 is 9.80 Å². The summed E-state index contributed by atoms with van der Waals surface area (Å²) >= 11 is 1.28. The fourth-order valence-electron chi connectivity index (χ4n) is 3.49. The summed E-state index contributed by atoms with van der Waals surface area (Å²) in [4.78, 5) is 4.63. The van der Waals surface area contributed by atoms with Crippen molar-refractivity contribution in [2.75, 3.05) is 49.1 Å². The third-order valence-corrected chi connectivity index (χ3v) is 8.25. The zero-order valence-corrected chi connectivity index (χ0v) is 17.3. The minimum Gasteiger partial charge on any atom is -0.372 e. The molecule has 1 saturated heterocycles. The molecule has 0 atom stereocenters. The van der Waals surface area contributed by atoms with E-state index in [4.69, 9.17) is 0 Å². The van der Waals surface area contributed by atoms with Crippen molar-refractivity contribution in [3.05, 3.63) is 41.3 Å². The fourth-order valence-corrected chi connectivity index (χ4v) is 6.05. The highest BCUT2D eigenvalue weighted by Crippen LogP contribution is 2.28. The Balaban J connectivity index is 1.70. The second-order valence-corrected chi connectivity index (χ2v) is 9.58. The predicted molar refractivity (Wildman–Crippen MR) is 110 cm³/mol. The number of hydrogen-bond acceptors (Lipinski definition) is 5. The summed E-state index contributed by atoms with van der Waals surface area (Å²) in [5.41, 5.74) is 3.69. The normalized spacial score (nSPS) is 16.0. The molecule has 142 valence electrons. The van der Waals surface area contributed by atoms with Gasteiger partial charge in [0.2, 0.25) is 0 Å². The van der Waals surface area contributed by atoms with E-state index in [1.54, 1.807) is 16.4 Å². The monoisotopic (exact) mass is 393 g/mol. The van der Waals surface area contributed by atoms with E-state index >= 15 is 0 Å². The highest BCUT2D eigenvalue weighted by Gasteiger charge is 2.29. The molecule has 3 rings (SSSR count). The van der Waals surface area contributed by atoms with Crippen molar-refractivity contribution in [2.24, 2.45) is 0 Å². The van der Waals surface area contributed by atoms with Crippen LogP contribution in [0.1, 0.15) is 19.4 Å². The molecule has 0 aliphatic carbocycles. The summed E-state index contributed by atoms with van der Waals surface area (Å²) in [5, 5.41) is 1.81. The minimum absolute atomic E-state index is 0.436. The van der Waals surface area contributed by atoms with Crippen molar-refractivity contribution in [1.29, 1.82) is 0 Å². The van der Waals surface area contributed by atoms with Gasteiger partial charge in [-0.15, -0.1) is 11.3 Å². The van der Waals surface area contributed by atoms with Crippen molar-refractivity contribution < 1.29 is 8.42 Å². The molecule has 1 aliphatic heterocycles. The number of aryl methyl sites for hydroxylation is 1. The van der Waals surface area contributed by atoms with E-state index in [0.717, 1.165) is 26.2 Å². The summed E-state index contributed by atoms with van der Waals surface area (Å²) in [7, 11) is -3.34. The van der Waals surface area contributed by atoms with Gasteiger partial charge in [-0.2, -0.15) is 4.31 Å². The van der Waals surface area contributed by atoms with Crippen LogP contribution in [-0.2, 0) is 10.0 Å². The lowest BCUT2D eigenvalue weighted by atomic mass is 10.1. The molecule has 0 unspecified atom stereocenters. The standard InChI is InChI=1S/C19H27N3O2S2/c1-4-20(5-2)17-8-9-18(16(3)15-17)21-10-12-22(13-11-21)26(23,24)19-7-6-14-25-19/h6-9,14-15H,4-5,10-13H2,1-3H3. The Kier molecular flexibility index (Phi) is 5.89. The van der Waals surface area contributed by atoms with Crippen LogP contribution in [0.3, 0.4) is 0 Å². The SMILES string of the molecule is CCN(CC)c1ccc(N2CCN(S(=O)(=O)c3cccs3)CC2)c(C)c1. The summed E-state index contributed by atoms with van der Waals surface area (Å²) in [5.74, 6) is 0. The van der Waals surface area contributed by atoms with Gasteiger partial charge in [0, 0.05) is 50.6 Å². The first-order chi connectivity index (χ1) is 12.5. The molecule has 0 spiro atoms. The zero-order chi connectivity index (χ0) is 18.7. The largest absolute Gasteiger partial charge is 0.372 e. The van der Waals surface area contributed by atoms with Gasteiger partial charge in [0.05, 0.1) is 0 Å². The van der Waals surface area contributed by atoms with Crippen LogP contribution in [0.5, 0.6) is 0 Å².